The monoisotopic (exact) mass is 225 g/mol. The average Bonchev–Trinajstić information content (AvgIpc) is 2.29. The number of hydrogen-bond donors (Lipinski definition) is 2. The highest BCUT2D eigenvalue weighted by atomic mass is 16.5. The Morgan fingerprint density at radius 2 is 1.88 bits per heavy atom. The number of rotatable bonds is 5. The van der Waals surface area contributed by atoms with Gasteiger partial charge in [0.25, 0.3) is 0 Å². The first kappa shape index (κ1) is 12.6. The molecular weight excluding hydrogens is 206 g/mol. The van der Waals surface area contributed by atoms with Crippen molar-refractivity contribution in [2.75, 3.05) is 20.8 Å². The molecule has 0 bridgehead atoms. The summed E-state index contributed by atoms with van der Waals surface area (Å²) < 4.78 is 10.3. The zero-order chi connectivity index (χ0) is 12.1. The van der Waals surface area contributed by atoms with E-state index in [9.17, 15) is 5.11 Å². The Morgan fingerprint density at radius 1 is 1.25 bits per heavy atom. The lowest BCUT2D eigenvalue weighted by Gasteiger charge is -2.16. The maximum atomic E-state index is 9.72. The van der Waals surface area contributed by atoms with Crippen LogP contribution in [0.25, 0.3) is 0 Å². The summed E-state index contributed by atoms with van der Waals surface area (Å²) in [5, 5.41) is 9.72. The first-order valence-electron chi connectivity index (χ1n) is 5.29. The molecule has 1 rings (SSSR count). The first-order chi connectivity index (χ1) is 7.63. The van der Waals surface area contributed by atoms with E-state index in [-0.39, 0.29) is 11.7 Å². The lowest BCUT2D eigenvalue weighted by Crippen LogP contribution is -2.06. The lowest BCUT2D eigenvalue weighted by atomic mass is 9.96. The Bertz CT molecular complexity index is 352. The average molecular weight is 225 g/mol. The predicted molar refractivity (Wildman–Crippen MR) is 63.3 cm³/mol. The molecule has 3 N–H and O–H groups in total. The third-order valence-corrected chi connectivity index (χ3v) is 2.66. The smallest absolute Gasteiger partial charge is 0.164 e. The molecule has 0 fully saturated rings. The fraction of sp³-hybridized carbons (Fsp3) is 0.500. The van der Waals surface area contributed by atoms with Gasteiger partial charge in [-0.3, -0.25) is 0 Å². The van der Waals surface area contributed by atoms with Gasteiger partial charge in [0.15, 0.2) is 11.5 Å². The Morgan fingerprint density at radius 3 is 2.38 bits per heavy atom. The molecule has 0 spiro atoms. The molecular formula is C12H19NO3. The van der Waals surface area contributed by atoms with E-state index < -0.39 is 0 Å². The van der Waals surface area contributed by atoms with E-state index in [0.717, 1.165) is 17.7 Å². The minimum atomic E-state index is 0.127. The Balaban J connectivity index is 3.12. The minimum absolute atomic E-state index is 0.127. The first-order valence-corrected chi connectivity index (χ1v) is 5.29. The number of phenolic OH excluding ortho intramolecular Hbond substituents is 1. The zero-order valence-corrected chi connectivity index (χ0v) is 9.99. The van der Waals surface area contributed by atoms with Gasteiger partial charge in [0.1, 0.15) is 5.75 Å². The van der Waals surface area contributed by atoms with Gasteiger partial charge < -0.3 is 20.3 Å². The van der Waals surface area contributed by atoms with Crippen LogP contribution in [0.2, 0.25) is 0 Å². The minimum Gasteiger partial charge on any atom is -0.504 e. The number of ether oxygens (including phenoxy) is 2. The number of methoxy groups -OCH3 is 2. The largest absolute Gasteiger partial charge is 0.504 e. The number of aromatic hydroxyl groups is 1. The summed E-state index contributed by atoms with van der Waals surface area (Å²) in [5.41, 5.74) is 6.47. The second-order valence-corrected chi connectivity index (χ2v) is 3.74. The van der Waals surface area contributed by atoms with Crippen molar-refractivity contribution < 1.29 is 14.6 Å². The van der Waals surface area contributed by atoms with Gasteiger partial charge in [0.2, 0.25) is 0 Å². The van der Waals surface area contributed by atoms with Gasteiger partial charge in [0, 0.05) is 11.6 Å². The van der Waals surface area contributed by atoms with E-state index in [1.165, 1.54) is 7.11 Å². The van der Waals surface area contributed by atoms with Crippen LogP contribution < -0.4 is 15.2 Å². The molecule has 0 heterocycles. The van der Waals surface area contributed by atoms with Gasteiger partial charge in [-0.25, -0.2) is 0 Å². The van der Waals surface area contributed by atoms with Gasteiger partial charge in [-0.15, -0.1) is 0 Å². The number of nitrogens with two attached hydrogens (primary N) is 1. The molecule has 0 aliphatic heterocycles. The molecule has 0 saturated heterocycles. The molecule has 0 amide bonds. The summed E-state index contributed by atoms with van der Waals surface area (Å²) in [4.78, 5) is 0. The molecule has 0 aliphatic rings. The van der Waals surface area contributed by atoms with Crippen molar-refractivity contribution in [2.45, 2.75) is 19.3 Å². The summed E-state index contributed by atoms with van der Waals surface area (Å²) in [6.45, 7) is 2.66. The molecule has 1 unspecified atom stereocenters. The summed E-state index contributed by atoms with van der Waals surface area (Å²) in [6, 6.07) is 3.37. The molecule has 4 heteroatoms. The highest BCUT2D eigenvalue weighted by Gasteiger charge is 2.15. The van der Waals surface area contributed by atoms with Crippen LogP contribution in [0.15, 0.2) is 12.1 Å². The lowest BCUT2D eigenvalue weighted by molar-refractivity contribution is 0.361. The van der Waals surface area contributed by atoms with E-state index in [4.69, 9.17) is 15.2 Å². The Kier molecular flexibility index (Phi) is 4.43. The molecule has 4 nitrogen and oxygen atoms in total. The van der Waals surface area contributed by atoms with E-state index >= 15 is 0 Å². The molecule has 0 radical (unpaired) electrons. The van der Waals surface area contributed by atoms with Crippen molar-refractivity contribution in [3.05, 3.63) is 17.7 Å². The maximum absolute atomic E-state index is 9.72. The number of hydrogen-bond acceptors (Lipinski definition) is 4. The van der Waals surface area contributed by atoms with Crippen molar-refractivity contribution in [3.63, 3.8) is 0 Å². The van der Waals surface area contributed by atoms with Crippen LogP contribution in [0.1, 0.15) is 24.8 Å². The van der Waals surface area contributed by atoms with Crippen LogP contribution >= 0.6 is 0 Å². The fourth-order valence-corrected chi connectivity index (χ4v) is 1.70. The van der Waals surface area contributed by atoms with Crippen LogP contribution in [0.4, 0.5) is 0 Å². The van der Waals surface area contributed by atoms with Crippen LogP contribution in [-0.2, 0) is 0 Å². The van der Waals surface area contributed by atoms with Gasteiger partial charge in [-0.05, 0) is 24.9 Å². The van der Waals surface area contributed by atoms with Crippen LogP contribution in [0, 0.1) is 0 Å². The molecule has 1 aromatic rings. The normalized spacial score (nSPS) is 12.2. The summed E-state index contributed by atoms with van der Waals surface area (Å²) >= 11 is 0. The van der Waals surface area contributed by atoms with Crippen molar-refractivity contribution in [1.82, 2.24) is 0 Å². The van der Waals surface area contributed by atoms with Gasteiger partial charge >= 0.3 is 0 Å². The summed E-state index contributed by atoms with van der Waals surface area (Å²) in [6.07, 6.45) is 0.849. The van der Waals surface area contributed by atoms with Crippen molar-refractivity contribution in [3.8, 4) is 17.2 Å². The molecule has 90 valence electrons. The molecule has 1 atom stereocenters. The third-order valence-electron chi connectivity index (χ3n) is 2.66. The maximum Gasteiger partial charge on any atom is 0.164 e. The van der Waals surface area contributed by atoms with E-state index in [1.54, 1.807) is 19.2 Å². The van der Waals surface area contributed by atoms with Crippen LogP contribution in [0.5, 0.6) is 17.2 Å². The second kappa shape index (κ2) is 5.61. The van der Waals surface area contributed by atoms with E-state index in [0.29, 0.717) is 12.3 Å². The Hall–Kier alpha value is -1.42. The standard InChI is InChI=1S/C12H19NO3/c1-8(4-5-13)9-6-10(14)12(16-3)7-11(9)15-2/h6-8,14H,4-5,13H2,1-3H3. The van der Waals surface area contributed by atoms with Gasteiger partial charge in [0.05, 0.1) is 14.2 Å². The van der Waals surface area contributed by atoms with Crippen LogP contribution in [-0.4, -0.2) is 25.9 Å². The summed E-state index contributed by atoms with van der Waals surface area (Å²) in [7, 11) is 3.11. The molecule has 0 saturated carbocycles. The Labute approximate surface area is 96.0 Å². The highest BCUT2D eigenvalue weighted by molar-refractivity contribution is 5.51. The zero-order valence-electron chi connectivity index (χ0n) is 9.99. The molecule has 16 heavy (non-hydrogen) atoms. The third kappa shape index (κ3) is 2.58. The SMILES string of the molecule is COc1cc(OC)c(C(C)CCN)cc1O. The molecule has 1 aromatic carbocycles. The van der Waals surface area contributed by atoms with Gasteiger partial charge in [-0.1, -0.05) is 6.92 Å². The summed E-state index contributed by atoms with van der Waals surface area (Å²) in [5.74, 6) is 1.51. The fourth-order valence-electron chi connectivity index (χ4n) is 1.70. The number of benzene rings is 1. The molecule has 0 aliphatic carbocycles. The molecule has 0 aromatic heterocycles. The van der Waals surface area contributed by atoms with Crippen molar-refractivity contribution >= 4 is 0 Å². The second-order valence-electron chi connectivity index (χ2n) is 3.74. The van der Waals surface area contributed by atoms with E-state index in [2.05, 4.69) is 6.92 Å². The topological polar surface area (TPSA) is 64.7 Å². The number of phenols is 1. The predicted octanol–water partition coefficient (Wildman–Crippen LogP) is 1.86. The van der Waals surface area contributed by atoms with Crippen LogP contribution in [0.3, 0.4) is 0 Å². The highest BCUT2D eigenvalue weighted by Crippen LogP contribution is 2.38. The van der Waals surface area contributed by atoms with E-state index in [1.807, 2.05) is 0 Å². The van der Waals surface area contributed by atoms with Gasteiger partial charge in [-0.2, -0.15) is 0 Å². The quantitative estimate of drug-likeness (QED) is 0.802. The van der Waals surface area contributed by atoms with Crippen molar-refractivity contribution in [1.29, 1.82) is 0 Å². The van der Waals surface area contributed by atoms with Crippen molar-refractivity contribution in [2.24, 2.45) is 5.73 Å².